The van der Waals surface area contributed by atoms with Gasteiger partial charge in [-0.1, -0.05) is 20.8 Å². The third kappa shape index (κ3) is 4.45. The molecule has 0 saturated heterocycles. The quantitative estimate of drug-likeness (QED) is 0.589. The molecule has 1 aliphatic rings. The number of hydrogen-bond donors (Lipinski definition) is 0. The summed E-state index contributed by atoms with van der Waals surface area (Å²) in [6.07, 6.45) is 1.67. The van der Waals surface area contributed by atoms with Crippen LogP contribution in [0.3, 0.4) is 0 Å². The number of carbonyl (C=O) groups excluding carboxylic acids is 2. The minimum Gasteiger partial charge on any atom is -0.454 e. The summed E-state index contributed by atoms with van der Waals surface area (Å²) in [5.74, 6) is -0.841. The first-order chi connectivity index (χ1) is 9.03. The second kappa shape index (κ2) is 6.09. The van der Waals surface area contributed by atoms with E-state index < -0.39 is 32.5 Å². The van der Waals surface area contributed by atoms with Crippen molar-refractivity contribution in [1.82, 2.24) is 0 Å². The van der Waals surface area contributed by atoms with Gasteiger partial charge >= 0.3 is 11.9 Å². The van der Waals surface area contributed by atoms with Gasteiger partial charge in [-0.15, -0.1) is 0 Å². The van der Waals surface area contributed by atoms with Gasteiger partial charge in [-0.3, -0.25) is 4.79 Å². The molecule has 5 nitrogen and oxygen atoms in total. The number of rotatable bonds is 4. The smallest absolute Gasteiger partial charge is 0.331 e. The fourth-order valence-corrected chi connectivity index (χ4v) is 2.51. The predicted molar refractivity (Wildman–Crippen MR) is 77.7 cm³/mol. The van der Waals surface area contributed by atoms with Crippen molar-refractivity contribution < 1.29 is 23.5 Å². The summed E-state index contributed by atoms with van der Waals surface area (Å²) in [5, 5.41) is 0.0679. The molecule has 0 unspecified atom stereocenters. The Hall–Kier alpha value is -1.14. The normalized spacial score (nSPS) is 23.4. The molecule has 0 amide bonds. The molecule has 0 aromatic heterocycles. The van der Waals surface area contributed by atoms with Gasteiger partial charge in [0.05, 0.1) is 6.61 Å². The number of cyclic esters (lactones) is 1. The van der Waals surface area contributed by atoms with Gasteiger partial charge in [0.2, 0.25) is 0 Å². The second-order valence-electron chi connectivity index (χ2n) is 6.48. The molecule has 2 atom stereocenters. The van der Waals surface area contributed by atoms with Crippen molar-refractivity contribution in [3.63, 3.8) is 0 Å². The van der Waals surface area contributed by atoms with E-state index in [4.69, 9.17) is 13.9 Å². The molecule has 20 heavy (non-hydrogen) atoms. The summed E-state index contributed by atoms with van der Waals surface area (Å²) in [4.78, 5) is 22.4. The van der Waals surface area contributed by atoms with E-state index in [1.165, 1.54) is 13.0 Å². The van der Waals surface area contributed by atoms with Crippen molar-refractivity contribution in [3.8, 4) is 0 Å². The third-order valence-electron chi connectivity index (χ3n) is 3.77. The zero-order valence-corrected chi connectivity index (χ0v) is 14.1. The highest BCUT2D eigenvalue weighted by atomic mass is 28.4. The average Bonchev–Trinajstić information content (AvgIpc) is 2.27. The molecule has 0 radical (unpaired) electrons. The molecule has 1 rings (SSSR count). The molecule has 0 fully saturated rings. The first-order valence-corrected chi connectivity index (χ1v) is 9.64. The number of ether oxygens (including phenoxy) is 2. The molecule has 0 aromatic carbocycles. The number of esters is 2. The highest BCUT2D eigenvalue weighted by Gasteiger charge is 2.39. The van der Waals surface area contributed by atoms with Crippen LogP contribution in [-0.2, 0) is 23.5 Å². The average molecular weight is 300 g/mol. The van der Waals surface area contributed by atoms with E-state index >= 15 is 0 Å². The summed E-state index contributed by atoms with van der Waals surface area (Å²) in [7, 11) is -1.94. The lowest BCUT2D eigenvalue weighted by Crippen LogP contribution is -2.46. The van der Waals surface area contributed by atoms with Gasteiger partial charge in [-0.2, -0.15) is 0 Å². The van der Waals surface area contributed by atoms with Crippen molar-refractivity contribution in [2.75, 3.05) is 6.61 Å². The van der Waals surface area contributed by atoms with Gasteiger partial charge in [0.25, 0.3) is 0 Å². The molecule has 6 heteroatoms. The van der Waals surface area contributed by atoms with E-state index in [0.717, 1.165) is 0 Å². The third-order valence-corrected chi connectivity index (χ3v) is 8.27. The first-order valence-electron chi connectivity index (χ1n) is 6.73. The minimum atomic E-state index is -1.94. The maximum Gasteiger partial charge on any atom is 0.331 e. The maximum absolute atomic E-state index is 11.3. The van der Waals surface area contributed by atoms with E-state index in [-0.39, 0.29) is 11.6 Å². The van der Waals surface area contributed by atoms with Gasteiger partial charge in [0, 0.05) is 13.0 Å². The van der Waals surface area contributed by atoms with Crippen LogP contribution in [0.15, 0.2) is 12.2 Å². The lowest BCUT2D eigenvalue weighted by atomic mass is 10.1. The Morgan fingerprint density at radius 3 is 2.50 bits per heavy atom. The largest absolute Gasteiger partial charge is 0.454 e. The Morgan fingerprint density at radius 1 is 1.40 bits per heavy atom. The summed E-state index contributed by atoms with van der Waals surface area (Å²) in [6.45, 7) is 12.2. The van der Waals surface area contributed by atoms with Gasteiger partial charge in [0.15, 0.2) is 20.5 Å². The Labute approximate surface area is 121 Å². The Morgan fingerprint density at radius 2 is 2.00 bits per heavy atom. The number of hydrogen-bond acceptors (Lipinski definition) is 5. The molecule has 0 aromatic rings. The summed E-state index contributed by atoms with van der Waals surface area (Å²) < 4.78 is 16.4. The van der Waals surface area contributed by atoms with Gasteiger partial charge in [0.1, 0.15) is 0 Å². The van der Waals surface area contributed by atoms with Crippen LogP contribution in [0.5, 0.6) is 0 Å². The van der Waals surface area contributed by atoms with Crippen molar-refractivity contribution in [2.24, 2.45) is 0 Å². The lowest BCUT2D eigenvalue weighted by molar-refractivity contribution is -0.164. The van der Waals surface area contributed by atoms with Crippen molar-refractivity contribution >= 4 is 20.3 Å². The molecule has 0 bridgehead atoms. The molecule has 1 heterocycles. The van der Waals surface area contributed by atoms with Crippen LogP contribution in [0.2, 0.25) is 18.1 Å². The zero-order valence-electron chi connectivity index (χ0n) is 13.1. The molecular weight excluding hydrogens is 276 g/mol. The van der Waals surface area contributed by atoms with Gasteiger partial charge in [-0.25, -0.2) is 4.79 Å². The highest BCUT2D eigenvalue weighted by Crippen LogP contribution is 2.36. The van der Waals surface area contributed by atoms with Crippen LogP contribution in [0.4, 0.5) is 0 Å². The molecular formula is C14H24O5Si. The van der Waals surface area contributed by atoms with Crippen molar-refractivity contribution in [3.05, 3.63) is 12.2 Å². The van der Waals surface area contributed by atoms with Crippen LogP contribution >= 0.6 is 0 Å². The molecule has 1 aliphatic heterocycles. The van der Waals surface area contributed by atoms with Crippen molar-refractivity contribution in [2.45, 2.75) is 58.0 Å². The minimum absolute atomic E-state index is 0.0679. The standard InChI is InChI=1S/C14H24O5Si/c1-10(15)18-11-7-8-13(16)19-12(11)9-17-20(5,6)14(2,3)4/h7-8,11-12H,9H2,1-6H3/t11-,12-/m1/s1. The predicted octanol–water partition coefficient (Wildman–Crippen LogP) is 2.42. The zero-order chi connectivity index (χ0) is 15.6. The first kappa shape index (κ1) is 16.9. The maximum atomic E-state index is 11.3. The molecule has 0 saturated carbocycles. The van der Waals surface area contributed by atoms with E-state index in [2.05, 4.69) is 33.9 Å². The SMILES string of the molecule is CC(=O)O[C@@H]1C=CC(=O)O[C@@H]1CO[Si](C)(C)C(C)(C)C. The highest BCUT2D eigenvalue weighted by molar-refractivity contribution is 6.74. The van der Waals surface area contributed by atoms with Gasteiger partial charge < -0.3 is 13.9 Å². The van der Waals surface area contributed by atoms with E-state index in [1.54, 1.807) is 6.08 Å². The van der Waals surface area contributed by atoms with Crippen LogP contribution in [0, 0.1) is 0 Å². The topological polar surface area (TPSA) is 61.8 Å². The van der Waals surface area contributed by atoms with Gasteiger partial charge in [-0.05, 0) is 24.2 Å². The lowest BCUT2D eigenvalue weighted by Gasteiger charge is -2.38. The summed E-state index contributed by atoms with van der Waals surface area (Å²) >= 11 is 0. The fourth-order valence-electron chi connectivity index (χ4n) is 1.50. The van der Waals surface area contributed by atoms with E-state index in [9.17, 15) is 9.59 Å². The monoisotopic (exact) mass is 300 g/mol. The Bertz CT molecular complexity index is 408. The van der Waals surface area contributed by atoms with E-state index in [0.29, 0.717) is 0 Å². The summed E-state index contributed by atoms with van der Waals surface area (Å²) in [5.41, 5.74) is 0. The Kier molecular flexibility index (Phi) is 5.15. The van der Waals surface area contributed by atoms with Crippen LogP contribution < -0.4 is 0 Å². The summed E-state index contributed by atoms with van der Waals surface area (Å²) in [6, 6.07) is 0. The molecule has 0 spiro atoms. The second-order valence-corrected chi connectivity index (χ2v) is 11.3. The van der Waals surface area contributed by atoms with E-state index in [1.807, 2.05) is 0 Å². The van der Waals surface area contributed by atoms with Crippen LogP contribution in [0.1, 0.15) is 27.7 Å². The van der Waals surface area contributed by atoms with Crippen molar-refractivity contribution in [1.29, 1.82) is 0 Å². The molecule has 0 aliphatic carbocycles. The Balaban J connectivity index is 2.71. The van der Waals surface area contributed by atoms with Crippen LogP contribution in [0.25, 0.3) is 0 Å². The van der Waals surface area contributed by atoms with Crippen LogP contribution in [-0.4, -0.2) is 39.1 Å². The molecule has 114 valence electrons. The fraction of sp³-hybridized carbons (Fsp3) is 0.714. The molecule has 0 N–H and O–H groups in total. The number of carbonyl (C=O) groups is 2.